The topological polar surface area (TPSA) is 64.2 Å². The molecule has 2 rings (SSSR count). The van der Waals surface area contributed by atoms with Gasteiger partial charge in [0, 0.05) is 19.3 Å². The molecular weight excluding hydrogens is 228 g/mol. The molecule has 1 amide bonds. The van der Waals surface area contributed by atoms with Crippen LogP contribution in [-0.4, -0.2) is 33.7 Å². The Kier molecular flexibility index (Phi) is 3.59. The van der Waals surface area contributed by atoms with E-state index in [1.165, 1.54) is 0 Å². The first kappa shape index (κ1) is 12.9. The fraction of sp³-hybridized carbons (Fsp3) is 0.692. The molecule has 5 nitrogen and oxygen atoms in total. The fourth-order valence-corrected chi connectivity index (χ4v) is 2.68. The molecule has 1 aromatic rings. The molecule has 1 fully saturated rings. The Bertz CT molecular complexity index is 422. The molecule has 0 radical (unpaired) electrons. The summed E-state index contributed by atoms with van der Waals surface area (Å²) >= 11 is 0. The van der Waals surface area contributed by atoms with Crippen LogP contribution in [0.4, 0.5) is 5.82 Å². The minimum absolute atomic E-state index is 0.141. The molecular formula is C13H22N4O. The normalized spacial score (nSPS) is 18.2. The van der Waals surface area contributed by atoms with Gasteiger partial charge < -0.3 is 10.6 Å². The van der Waals surface area contributed by atoms with Crippen molar-refractivity contribution < 1.29 is 4.79 Å². The second-order valence-electron chi connectivity index (χ2n) is 5.21. The van der Waals surface area contributed by atoms with Gasteiger partial charge in [0.1, 0.15) is 12.4 Å². The van der Waals surface area contributed by atoms with E-state index < -0.39 is 0 Å². The highest BCUT2D eigenvalue weighted by Crippen LogP contribution is 2.36. The van der Waals surface area contributed by atoms with Crippen LogP contribution in [0.5, 0.6) is 0 Å². The standard InChI is InChI=1S/C13H22N4O/c1-3-13(4-2)6-8-16(10-13)12(18)9-17-7-5-11(14)15-17/h5,7H,3-4,6,8-10H2,1-2H3,(H2,14,15). The first-order valence-electron chi connectivity index (χ1n) is 6.65. The molecule has 1 aromatic heterocycles. The van der Waals surface area contributed by atoms with Crippen LogP contribution in [0.25, 0.3) is 0 Å². The molecule has 1 aliphatic rings. The van der Waals surface area contributed by atoms with Crippen molar-refractivity contribution in [1.29, 1.82) is 0 Å². The predicted molar refractivity (Wildman–Crippen MR) is 70.9 cm³/mol. The Balaban J connectivity index is 1.95. The summed E-state index contributed by atoms with van der Waals surface area (Å²) < 4.78 is 1.61. The van der Waals surface area contributed by atoms with E-state index in [0.717, 1.165) is 32.4 Å². The molecule has 0 bridgehead atoms. The van der Waals surface area contributed by atoms with Crippen LogP contribution >= 0.6 is 0 Å². The monoisotopic (exact) mass is 250 g/mol. The van der Waals surface area contributed by atoms with Crippen LogP contribution in [0.2, 0.25) is 0 Å². The van der Waals surface area contributed by atoms with E-state index >= 15 is 0 Å². The van der Waals surface area contributed by atoms with Crippen molar-refractivity contribution in [3.05, 3.63) is 12.3 Å². The number of nitrogens with two attached hydrogens (primary N) is 1. The summed E-state index contributed by atoms with van der Waals surface area (Å²) in [5.74, 6) is 0.600. The Morgan fingerprint density at radius 1 is 1.50 bits per heavy atom. The van der Waals surface area contributed by atoms with E-state index in [9.17, 15) is 4.79 Å². The molecule has 18 heavy (non-hydrogen) atoms. The van der Waals surface area contributed by atoms with E-state index in [2.05, 4.69) is 18.9 Å². The summed E-state index contributed by atoms with van der Waals surface area (Å²) in [5.41, 5.74) is 5.87. The summed E-state index contributed by atoms with van der Waals surface area (Å²) in [4.78, 5) is 14.1. The van der Waals surface area contributed by atoms with Crippen molar-refractivity contribution in [2.75, 3.05) is 18.8 Å². The van der Waals surface area contributed by atoms with Gasteiger partial charge in [-0.3, -0.25) is 9.48 Å². The number of aromatic nitrogens is 2. The van der Waals surface area contributed by atoms with Gasteiger partial charge in [-0.05, 0) is 30.7 Å². The quantitative estimate of drug-likeness (QED) is 0.880. The van der Waals surface area contributed by atoms with Gasteiger partial charge in [-0.2, -0.15) is 5.10 Å². The van der Waals surface area contributed by atoms with Gasteiger partial charge in [0.15, 0.2) is 0 Å². The lowest BCUT2D eigenvalue weighted by Crippen LogP contribution is -2.34. The minimum Gasteiger partial charge on any atom is -0.382 e. The number of anilines is 1. The SMILES string of the molecule is CCC1(CC)CCN(C(=O)Cn2ccc(N)n2)C1. The number of likely N-dealkylation sites (tertiary alicyclic amines) is 1. The van der Waals surface area contributed by atoms with E-state index in [1.54, 1.807) is 16.9 Å². The third-order valence-corrected chi connectivity index (χ3v) is 4.25. The van der Waals surface area contributed by atoms with Gasteiger partial charge in [0.25, 0.3) is 0 Å². The van der Waals surface area contributed by atoms with Gasteiger partial charge in [-0.1, -0.05) is 13.8 Å². The van der Waals surface area contributed by atoms with Gasteiger partial charge in [0.05, 0.1) is 0 Å². The van der Waals surface area contributed by atoms with Crippen LogP contribution in [0.3, 0.4) is 0 Å². The minimum atomic E-state index is 0.141. The van der Waals surface area contributed by atoms with E-state index in [-0.39, 0.29) is 5.91 Å². The predicted octanol–water partition coefficient (Wildman–Crippen LogP) is 1.50. The van der Waals surface area contributed by atoms with Crippen LogP contribution in [0.1, 0.15) is 33.1 Å². The van der Waals surface area contributed by atoms with E-state index in [0.29, 0.717) is 17.8 Å². The maximum absolute atomic E-state index is 12.2. The highest BCUT2D eigenvalue weighted by Gasteiger charge is 2.36. The van der Waals surface area contributed by atoms with E-state index in [1.807, 2.05) is 4.90 Å². The Hall–Kier alpha value is -1.52. The maximum Gasteiger partial charge on any atom is 0.244 e. The second-order valence-corrected chi connectivity index (χ2v) is 5.21. The molecule has 100 valence electrons. The van der Waals surface area contributed by atoms with Gasteiger partial charge in [0.2, 0.25) is 5.91 Å². The number of carbonyl (C=O) groups is 1. The molecule has 5 heteroatoms. The van der Waals surface area contributed by atoms with Crippen LogP contribution in [0, 0.1) is 5.41 Å². The van der Waals surface area contributed by atoms with Crippen molar-refractivity contribution in [1.82, 2.24) is 14.7 Å². The van der Waals surface area contributed by atoms with Crippen molar-refractivity contribution in [3.8, 4) is 0 Å². The maximum atomic E-state index is 12.2. The Labute approximate surface area is 108 Å². The first-order chi connectivity index (χ1) is 8.58. The van der Waals surface area contributed by atoms with Gasteiger partial charge >= 0.3 is 0 Å². The van der Waals surface area contributed by atoms with E-state index in [4.69, 9.17) is 5.73 Å². The molecule has 2 heterocycles. The molecule has 0 spiro atoms. The van der Waals surface area contributed by atoms with Crippen molar-refractivity contribution >= 4 is 11.7 Å². The summed E-state index contributed by atoms with van der Waals surface area (Å²) in [6, 6.07) is 1.71. The number of carbonyl (C=O) groups excluding carboxylic acids is 1. The average Bonchev–Trinajstić information content (AvgIpc) is 2.96. The third-order valence-electron chi connectivity index (χ3n) is 4.25. The summed E-state index contributed by atoms with van der Waals surface area (Å²) in [6.45, 7) is 6.48. The smallest absolute Gasteiger partial charge is 0.244 e. The summed E-state index contributed by atoms with van der Waals surface area (Å²) in [5, 5.41) is 4.05. The zero-order chi connectivity index (χ0) is 13.2. The second kappa shape index (κ2) is 5.00. The molecule has 1 saturated heterocycles. The highest BCUT2D eigenvalue weighted by atomic mass is 16.2. The zero-order valence-corrected chi connectivity index (χ0v) is 11.2. The van der Waals surface area contributed by atoms with Crippen molar-refractivity contribution in [2.45, 2.75) is 39.7 Å². The molecule has 0 atom stereocenters. The lowest BCUT2D eigenvalue weighted by atomic mass is 9.82. The highest BCUT2D eigenvalue weighted by molar-refractivity contribution is 5.76. The Morgan fingerprint density at radius 3 is 2.72 bits per heavy atom. The third kappa shape index (κ3) is 2.49. The van der Waals surface area contributed by atoms with Crippen LogP contribution in [-0.2, 0) is 11.3 Å². The van der Waals surface area contributed by atoms with Crippen LogP contribution in [0.15, 0.2) is 12.3 Å². The molecule has 0 aliphatic carbocycles. The zero-order valence-electron chi connectivity index (χ0n) is 11.2. The number of hydrogen-bond acceptors (Lipinski definition) is 3. The van der Waals surface area contributed by atoms with Gasteiger partial charge in [-0.15, -0.1) is 0 Å². The largest absolute Gasteiger partial charge is 0.382 e. The molecule has 1 aliphatic heterocycles. The number of nitrogen functional groups attached to an aromatic ring is 1. The fourth-order valence-electron chi connectivity index (χ4n) is 2.68. The van der Waals surface area contributed by atoms with Crippen molar-refractivity contribution in [2.24, 2.45) is 5.41 Å². The first-order valence-corrected chi connectivity index (χ1v) is 6.65. The summed E-state index contributed by atoms with van der Waals surface area (Å²) in [7, 11) is 0. The Morgan fingerprint density at radius 2 is 2.22 bits per heavy atom. The number of hydrogen-bond donors (Lipinski definition) is 1. The van der Waals surface area contributed by atoms with Crippen LogP contribution < -0.4 is 5.73 Å². The molecule has 0 unspecified atom stereocenters. The average molecular weight is 250 g/mol. The molecule has 0 saturated carbocycles. The van der Waals surface area contributed by atoms with Gasteiger partial charge in [-0.25, -0.2) is 0 Å². The van der Waals surface area contributed by atoms with Crippen molar-refractivity contribution in [3.63, 3.8) is 0 Å². The molecule has 0 aromatic carbocycles. The number of amides is 1. The summed E-state index contributed by atoms with van der Waals surface area (Å²) in [6.07, 6.45) is 5.15. The number of nitrogens with zero attached hydrogens (tertiary/aromatic N) is 3. The molecule has 2 N–H and O–H groups in total. The lowest BCUT2D eigenvalue weighted by Gasteiger charge is -2.26. The number of rotatable bonds is 4. The lowest BCUT2D eigenvalue weighted by molar-refractivity contribution is -0.131.